The molecule has 0 saturated carbocycles. The molecule has 3 heteroatoms. The Labute approximate surface area is 149 Å². The number of rotatable bonds is 3. The Morgan fingerprint density at radius 2 is 1.60 bits per heavy atom. The fraction of sp³-hybridized carbons (Fsp3) is 0.364. The normalized spacial score (nSPS) is 17.8. The van der Waals surface area contributed by atoms with Crippen molar-refractivity contribution in [1.29, 1.82) is 0 Å². The lowest BCUT2D eigenvalue weighted by Crippen LogP contribution is -2.45. The van der Waals surface area contributed by atoms with E-state index >= 15 is 0 Å². The molecule has 0 aromatic heterocycles. The highest BCUT2D eigenvalue weighted by atomic mass is 16.2. The number of nitrogens with zero attached hydrogens (tertiary/aromatic N) is 1. The van der Waals surface area contributed by atoms with E-state index in [9.17, 15) is 9.59 Å². The van der Waals surface area contributed by atoms with Crippen LogP contribution in [0.5, 0.6) is 0 Å². The van der Waals surface area contributed by atoms with E-state index < -0.39 is 5.41 Å². The molecule has 2 aromatic rings. The van der Waals surface area contributed by atoms with Gasteiger partial charge in [-0.1, -0.05) is 75.4 Å². The molecule has 0 aliphatic carbocycles. The Kier molecular flexibility index (Phi) is 4.76. The van der Waals surface area contributed by atoms with Crippen molar-refractivity contribution in [3.05, 3.63) is 60.2 Å². The van der Waals surface area contributed by atoms with E-state index in [-0.39, 0.29) is 17.9 Å². The minimum Gasteiger partial charge on any atom is -0.279 e. The van der Waals surface area contributed by atoms with E-state index in [1.54, 1.807) is 0 Å². The number of hydrogen-bond acceptors (Lipinski definition) is 2. The van der Waals surface area contributed by atoms with Gasteiger partial charge in [-0.3, -0.25) is 14.5 Å². The summed E-state index contributed by atoms with van der Waals surface area (Å²) in [6.45, 7) is 5.60. The number of carbonyl (C=O) groups excluding carboxylic acids is 2. The van der Waals surface area contributed by atoms with Gasteiger partial charge >= 0.3 is 0 Å². The van der Waals surface area contributed by atoms with E-state index in [1.165, 1.54) is 16.0 Å². The Balaban J connectivity index is 1.75. The van der Waals surface area contributed by atoms with Crippen LogP contribution in [0.15, 0.2) is 54.6 Å². The summed E-state index contributed by atoms with van der Waals surface area (Å²) in [6.07, 6.45) is 1.94. The first-order chi connectivity index (χ1) is 11.9. The second kappa shape index (κ2) is 6.83. The maximum absolute atomic E-state index is 12.6. The largest absolute Gasteiger partial charge is 0.279 e. The zero-order valence-electron chi connectivity index (χ0n) is 15.2. The first-order valence-electron chi connectivity index (χ1n) is 8.87. The van der Waals surface area contributed by atoms with Gasteiger partial charge in [-0.2, -0.15) is 0 Å². The van der Waals surface area contributed by atoms with E-state index in [1.807, 2.05) is 39.0 Å². The van der Waals surface area contributed by atoms with Crippen molar-refractivity contribution in [2.45, 2.75) is 46.1 Å². The third-order valence-corrected chi connectivity index (χ3v) is 4.72. The summed E-state index contributed by atoms with van der Waals surface area (Å²) in [4.78, 5) is 26.3. The maximum atomic E-state index is 12.6. The number of carbonyl (C=O) groups is 2. The molecular weight excluding hydrogens is 310 g/mol. The molecule has 25 heavy (non-hydrogen) atoms. The summed E-state index contributed by atoms with van der Waals surface area (Å²) < 4.78 is 0. The second-order valence-corrected chi connectivity index (χ2v) is 7.78. The molecule has 2 aromatic carbocycles. The number of likely N-dealkylation sites (tertiary alicyclic amines) is 1. The van der Waals surface area contributed by atoms with Crippen LogP contribution in [-0.2, 0) is 16.0 Å². The van der Waals surface area contributed by atoms with Gasteiger partial charge in [0.2, 0.25) is 11.8 Å². The quantitative estimate of drug-likeness (QED) is 0.830. The van der Waals surface area contributed by atoms with Crippen LogP contribution in [0.3, 0.4) is 0 Å². The van der Waals surface area contributed by atoms with Gasteiger partial charge in [-0.05, 0) is 29.5 Å². The van der Waals surface area contributed by atoms with Crippen LogP contribution in [-0.4, -0.2) is 22.8 Å². The van der Waals surface area contributed by atoms with E-state index in [2.05, 4.69) is 36.4 Å². The van der Waals surface area contributed by atoms with Crippen molar-refractivity contribution in [3.8, 4) is 11.1 Å². The molecule has 1 heterocycles. The van der Waals surface area contributed by atoms with E-state index in [0.717, 1.165) is 18.4 Å². The Bertz CT molecular complexity index is 757. The summed E-state index contributed by atoms with van der Waals surface area (Å²) in [5, 5.41) is 0. The van der Waals surface area contributed by atoms with Crippen LogP contribution in [0.25, 0.3) is 11.1 Å². The Hall–Kier alpha value is -2.42. The molecule has 3 nitrogen and oxygen atoms in total. The predicted octanol–water partition coefficient (Wildman–Crippen LogP) is 4.46. The van der Waals surface area contributed by atoms with Gasteiger partial charge in [0, 0.05) is 17.9 Å². The number of amides is 2. The molecule has 1 atom stereocenters. The monoisotopic (exact) mass is 335 g/mol. The van der Waals surface area contributed by atoms with Crippen LogP contribution in [0.2, 0.25) is 0 Å². The number of imide groups is 1. The van der Waals surface area contributed by atoms with Gasteiger partial charge in [0.25, 0.3) is 0 Å². The topological polar surface area (TPSA) is 37.4 Å². The first-order valence-corrected chi connectivity index (χ1v) is 8.87. The van der Waals surface area contributed by atoms with Crippen LogP contribution < -0.4 is 0 Å². The van der Waals surface area contributed by atoms with Gasteiger partial charge in [0.1, 0.15) is 0 Å². The number of hydrogen-bond donors (Lipinski definition) is 0. The van der Waals surface area contributed by atoms with Crippen LogP contribution >= 0.6 is 0 Å². The molecule has 0 N–H and O–H groups in total. The summed E-state index contributed by atoms with van der Waals surface area (Å²) in [5.74, 6) is -0.105. The minimum atomic E-state index is -0.532. The standard InChI is InChI=1S/C22H25NO2/c1-22(2,3)21(25)23-19(13-14-20(23)24)15-16-9-11-18(12-10-16)17-7-5-4-6-8-17/h4-12,19H,13-15H2,1-3H3. The molecule has 1 saturated heterocycles. The fourth-order valence-electron chi connectivity index (χ4n) is 3.31. The molecule has 0 spiro atoms. The summed E-state index contributed by atoms with van der Waals surface area (Å²) in [5.41, 5.74) is 2.99. The van der Waals surface area contributed by atoms with Gasteiger partial charge in [-0.15, -0.1) is 0 Å². The molecule has 0 bridgehead atoms. The molecular formula is C22H25NO2. The average Bonchev–Trinajstić information content (AvgIpc) is 2.95. The lowest BCUT2D eigenvalue weighted by atomic mass is 9.93. The molecule has 0 radical (unpaired) electrons. The van der Waals surface area contributed by atoms with Crippen molar-refractivity contribution in [2.75, 3.05) is 0 Å². The fourth-order valence-corrected chi connectivity index (χ4v) is 3.31. The number of benzene rings is 2. The second-order valence-electron chi connectivity index (χ2n) is 7.78. The van der Waals surface area contributed by atoms with Gasteiger partial charge in [0.15, 0.2) is 0 Å². The highest BCUT2D eigenvalue weighted by Gasteiger charge is 2.40. The van der Waals surface area contributed by atoms with E-state index in [0.29, 0.717) is 6.42 Å². The SMILES string of the molecule is CC(C)(C)C(=O)N1C(=O)CCC1Cc1ccc(-c2ccccc2)cc1. The minimum absolute atomic E-state index is 0.0261. The van der Waals surface area contributed by atoms with E-state index in [4.69, 9.17) is 0 Å². The van der Waals surface area contributed by atoms with Crippen LogP contribution in [0.4, 0.5) is 0 Å². The Morgan fingerprint density at radius 1 is 1.00 bits per heavy atom. The Morgan fingerprint density at radius 3 is 2.20 bits per heavy atom. The molecule has 2 amide bonds. The molecule has 1 aliphatic rings. The van der Waals surface area contributed by atoms with Crippen molar-refractivity contribution in [3.63, 3.8) is 0 Å². The van der Waals surface area contributed by atoms with Gasteiger partial charge in [-0.25, -0.2) is 0 Å². The van der Waals surface area contributed by atoms with Crippen molar-refractivity contribution >= 4 is 11.8 Å². The zero-order chi connectivity index (χ0) is 18.0. The lowest BCUT2D eigenvalue weighted by molar-refractivity contribution is -0.149. The first kappa shape index (κ1) is 17.4. The third-order valence-electron chi connectivity index (χ3n) is 4.72. The smallest absolute Gasteiger partial charge is 0.234 e. The van der Waals surface area contributed by atoms with Crippen molar-refractivity contribution in [1.82, 2.24) is 4.90 Å². The third kappa shape index (κ3) is 3.81. The van der Waals surface area contributed by atoms with Crippen LogP contribution in [0, 0.1) is 5.41 Å². The zero-order valence-corrected chi connectivity index (χ0v) is 15.2. The summed E-state index contributed by atoms with van der Waals surface area (Å²) >= 11 is 0. The highest BCUT2D eigenvalue weighted by molar-refractivity contribution is 5.99. The average molecular weight is 335 g/mol. The van der Waals surface area contributed by atoms with Gasteiger partial charge in [0.05, 0.1) is 0 Å². The lowest BCUT2D eigenvalue weighted by Gasteiger charge is -2.29. The predicted molar refractivity (Wildman–Crippen MR) is 99.9 cm³/mol. The highest BCUT2D eigenvalue weighted by Crippen LogP contribution is 2.29. The molecule has 1 unspecified atom stereocenters. The van der Waals surface area contributed by atoms with Crippen molar-refractivity contribution < 1.29 is 9.59 Å². The molecule has 1 aliphatic heterocycles. The van der Waals surface area contributed by atoms with Gasteiger partial charge < -0.3 is 0 Å². The van der Waals surface area contributed by atoms with Crippen LogP contribution in [0.1, 0.15) is 39.2 Å². The summed E-state index contributed by atoms with van der Waals surface area (Å²) in [6, 6.07) is 18.7. The molecule has 3 rings (SSSR count). The maximum Gasteiger partial charge on any atom is 0.234 e. The molecule has 130 valence electrons. The summed E-state index contributed by atoms with van der Waals surface area (Å²) in [7, 11) is 0. The molecule has 1 fully saturated rings. The van der Waals surface area contributed by atoms with Crippen molar-refractivity contribution in [2.24, 2.45) is 5.41 Å².